The number of carbonyl (C=O) groups is 2. The summed E-state index contributed by atoms with van der Waals surface area (Å²) >= 11 is 1.68. The molecule has 0 saturated carbocycles. The first-order chi connectivity index (χ1) is 10.1. The molecular formula is C15H19NO4S. The Kier molecular flexibility index (Phi) is 5.25. The third-order valence-electron chi connectivity index (χ3n) is 3.63. The Morgan fingerprint density at radius 3 is 2.86 bits per heavy atom. The van der Waals surface area contributed by atoms with Crippen LogP contribution in [0.2, 0.25) is 0 Å². The second-order valence-corrected chi connectivity index (χ2v) is 5.90. The topological polar surface area (TPSA) is 66.8 Å². The maximum Gasteiger partial charge on any atom is 0.326 e. The van der Waals surface area contributed by atoms with Crippen molar-refractivity contribution >= 4 is 23.6 Å². The predicted molar refractivity (Wildman–Crippen MR) is 81.5 cm³/mol. The smallest absolute Gasteiger partial charge is 0.326 e. The van der Waals surface area contributed by atoms with Crippen molar-refractivity contribution < 1.29 is 19.4 Å². The first-order valence-corrected chi connectivity index (χ1v) is 8.10. The molecule has 114 valence electrons. The van der Waals surface area contributed by atoms with Gasteiger partial charge in [0, 0.05) is 31.4 Å². The Labute approximate surface area is 128 Å². The van der Waals surface area contributed by atoms with Gasteiger partial charge in [-0.05, 0) is 24.0 Å². The molecule has 1 aliphatic rings. The van der Waals surface area contributed by atoms with Crippen molar-refractivity contribution in [2.24, 2.45) is 0 Å². The maximum atomic E-state index is 12.6. The summed E-state index contributed by atoms with van der Waals surface area (Å²) in [7, 11) is 1.54. The Morgan fingerprint density at radius 1 is 1.48 bits per heavy atom. The molecule has 2 atom stereocenters. The fraction of sp³-hybridized carbons (Fsp3) is 0.467. The van der Waals surface area contributed by atoms with E-state index in [1.807, 2.05) is 24.5 Å². The van der Waals surface area contributed by atoms with Crippen LogP contribution in [0.1, 0.15) is 22.3 Å². The van der Waals surface area contributed by atoms with E-state index in [-0.39, 0.29) is 12.0 Å². The molecule has 1 fully saturated rings. The molecule has 0 aromatic heterocycles. The molecule has 6 heteroatoms. The number of carboxylic acids is 1. The van der Waals surface area contributed by atoms with Gasteiger partial charge in [-0.3, -0.25) is 4.79 Å². The molecule has 1 aromatic rings. The van der Waals surface area contributed by atoms with Crippen molar-refractivity contribution in [2.75, 3.05) is 19.9 Å². The first kappa shape index (κ1) is 15.9. The molecule has 0 spiro atoms. The van der Waals surface area contributed by atoms with Crippen LogP contribution >= 0.6 is 11.8 Å². The number of hydrogen-bond acceptors (Lipinski definition) is 4. The van der Waals surface area contributed by atoms with Gasteiger partial charge in [0.2, 0.25) is 0 Å². The number of hydrogen-bond donors (Lipinski definition) is 1. The third-order valence-corrected chi connectivity index (χ3v) is 4.25. The Morgan fingerprint density at radius 2 is 2.24 bits per heavy atom. The van der Waals surface area contributed by atoms with E-state index in [9.17, 15) is 14.7 Å². The monoisotopic (exact) mass is 309 g/mol. The summed E-state index contributed by atoms with van der Waals surface area (Å²) in [5.74, 6) is -0.405. The molecular weight excluding hydrogens is 290 g/mol. The average molecular weight is 309 g/mol. The van der Waals surface area contributed by atoms with Crippen molar-refractivity contribution in [2.45, 2.75) is 24.3 Å². The van der Waals surface area contributed by atoms with Crippen LogP contribution in [-0.2, 0) is 15.3 Å². The summed E-state index contributed by atoms with van der Waals surface area (Å²) in [4.78, 5) is 25.3. The lowest BCUT2D eigenvalue weighted by molar-refractivity contribution is -0.141. The van der Waals surface area contributed by atoms with Gasteiger partial charge in [-0.15, -0.1) is 0 Å². The van der Waals surface area contributed by atoms with E-state index in [0.29, 0.717) is 18.5 Å². The van der Waals surface area contributed by atoms with Crippen LogP contribution in [0, 0.1) is 0 Å². The van der Waals surface area contributed by atoms with Gasteiger partial charge in [-0.2, -0.15) is 11.8 Å². The van der Waals surface area contributed by atoms with Gasteiger partial charge in [0.25, 0.3) is 5.91 Å². The van der Waals surface area contributed by atoms with Crippen molar-refractivity contribution in [3.05, 3.63) is 35.4 Å². The standard InChI is InChI=1S/C15H19NO4S/c1-20-12-7-13(15(18)19)16(8-12)14(17)11-5-3-4-10(6-11)9-21-2/h3-6,12-13H,7-9H2,1-2H3,(H,18,19). The van der Waals surface area contributed by atoms with Crippen molar-refractivity contribution in [1.29, 1.82) is 0 Å². The number of aliphatic carboxylic acids is 1. The summed E-state index contributed by atoms with van der Waals surface area (Å²) in [6.07, 6.45) is 2.12. The van der Waals surface area contributed by atoms with Crippen molar-refractivity contribution in [3.8, 4) is 0 Å². The molecule has 1 amide bonds. The van der Waals surface area contributed by atoms with E-state index in [4.69, 9.17) is 4.74 Å². The normalized spacial score (nSPS) is 21.5. The second-order valence-electron chi connectivity index (χ2n) is 5.04. The molecule has 0 aliphatic carbocycles. The number of rotatable bonds is 5. The van der Waals surface area contributed by atoms with Crippen LogP contribution in [0.4, 0.5) is 0 Å². The number of ether oxygens (including phenoxy) is 1. The molecule has 1 aromatic carbocycles. The number of likely N-dealkylation sites (tertiary alicyclic amines) is 1. The molecule has 0 radical (unpaired) electrons. The Bertz CT molecular complexity index is 534. The van der Waals surface area contributed by atoms with Gasteiger partial charge in [-0.25, -0.2) is 4.79 Å². The quantitative estimate of drug-likeness (QED) is 0.899. The Hall–Kier alpha value is -1.53. The molecule has 2 unspecified atom stereocenters. The number of amides is 1. The van der Waals surface area contributed by atoms with Crippen LogP contribution < -0.4 is 0 Å². The fourth-order valence-corrected chi connectivity index (χ4v) is 3.07. The zero-order valence-corrected chi connectivity index (χ0v) is 12.9. The van der Waals surface area contributed by atoms with Gasteiger partial charge in [0.1, 0.15) is 6.04 Å². The molecule has 5 nitrogen and oxygen atoms in total. The van der Waals surface area contributed by atoms with Gasteiger partial charge < -0.3 is 14.7 Å². The summed E-state index contributed by atoms with van der Waals surface area (Å²) in [5, 5.41) is 9.28. The lowest BCUT2D eigenvalue weighted by Gasteiger charge is -2.21. The molecule has 1 aliphatic heterocycles. The zero-order valence-electron chi connectivity index (χ0n) is 12.1. The number of thioether (sulfide) groups is 1. The fourth-order valence-electron chi connectivity index (χ4n) is 2.55. The molecule has 1 N–H and O–H groups in total. The molecule has 1 saturated heterocycles. The predicted octanol–water partition coefficient (Wildman–Crippen LogP) is 1.86. The zero-order chi connectivity index (χ0) is 15.4. The maximum absolute atomic E-state index is 12.6. The number of carboxylic acid groups (broad SMARTS) is 1. The largest absolute Gasteiger partial charge is 0.480 e. The van der Waals surface area contributed by atoms with Crippen LogP contribution in [0.25, 0.3) is 0 Å². The summed E-state index contributed by atoms with van der Waals surface area (Å²) < 4.78 is 5.21. The van der Waals surface area contributed by atoms with Gasteiger partial charge in [-0.1, -0.05) is 12.1 Å². The van der Waals surface area contributed by atoms with E-state index in [1.54, 1.807) is 17.8 Å². The minimum Gasteiger partial charge on any atom is -0.480 e. The van der Waals surface area contributed by atoms with Crippen molar-refractivity contribution in [3.63, 3.8) is 0 Å². The summed E-state index contributed by atoms with van der Waals surface area (Å²) in [5.41, 5.74) is 1.59. The summed E-state index contributed by atoms with van der Waals surface area (Å²) in [6, 6.07) is 6.54. The third kappa shape index (κ3) is 3.57. The van der Waals surface area contributed by atoms with Gasteiger partial charge in [0.05, 0.1) is 6.10 Å². The Balaban J connectivity index is 2.21. The average Bonchev–Trinajstić information content (AvgIpc) is 2.91. The lowest BCUT2D eigenvalue weighted by Crippen LogP contribution is -2.40. The van der Waals surface area contributed by atoms with E-state index in [1.165, 1.54) is 12.0 Å². The summed E-state index contributed by atoms with van der Waals surface area (Å²) in [6.45, 7) is 0.319. The number of nitrogens with zero attached hydrogens (tertiary/aromatic N) is 1. The molecule has 1 heterocycles. The van der Waals surface area contributed by atoms with E-state index >= 15 is 0 Å². The molecule has 2 rings (SSSR count). The highest BCUT2D eigenvalue weighted by molar-refractivity contribution is 7.97. The molecule has 0 bridgehead atoms. The van der Waals surface area contributed by atoms with Gasteiger partial charge in [0.15, 0.2) is 0 Å². The number of carbonyl (C=O) groups excluding carboxylic acids is 1. The number of methoxy groups -OCH3 is 1. The highest BCUT2D eigenvalue weighted by Crippen LogP contribution is 2.23. The lowest BCUT2D eigenvalue weighted by atomic mass is 10.1. The highest BCUT2D eigenvalue weighted by atomic mass is 32.2. The van der Waals surface area contributed by atoms with E-state index in [2.05, 4.69) is 0 Å². The molecule has 21 heavy (non-hydrogen) atoms. The van der Waals surface area contributed by atoms with Crippen molar-refractivity contribution in [1.82, 2.24) is 4.90 Å². The van der Waals surface area contributed by atoms with Gasteiger partial charge >= 0.3 is 5.97 Å². The SMILES string of the molecule is COC1CC(C(=O)O)N(C(=O)c2cccc(CSC)c2)C1. The van der Waals surface area contributed by atoms with Crippen LogP contribution in [0.3, 0.4) is 0 Å². The second kappa shape index (κ2) is 6.95. The van der Waals surface area contributed by atoms with Crippen LogP contribution in [0.15, 0.2) is 24.3 Å². The van der Waals surface area contributed by atoms with Crippen LogP contribution in [-0.4, -0.2) is 53.9 Å². The minimum atomic E-state index is -0.983. The first-order valence-electron chi connectivity index (χ1n) is 6.71. The van der Waals surface area contributed by atoms with Crippen LogP contribution in [0.5, 0.6) is 0 Å². The van der Waals surface area contributed by atoms with E-state index in [0.717, 1.165) is 11.3 Å². The number of benzene rings is 1. The minimum absolute atomic E-state index is 0.218. The highest BCUT2D eigenvalue weighted by Gasteiger charge is 2.40. The van der Waals surface area contributed by atoms with E-state index < -0.39 is 12.0 Å².